The minimum absolute atomic E-state index is 0.0220. The summed E-state index contributed by atoms with van der Waals surface area (Å²) in [7, 11) is 0. The number of aromatic hydroxyl groups is 1. The number of amides is 1. The lowest BCUT2D eigenvalue weighted by molar-refractivity contribution is -0.184. The van der Waals surface area contributed by atoms with E-state index in [0.717, 1.165) is 30.4 Å². The predicted octanol–water partition coefficient (Wildman–Crippen LogP) is 3.18. The second-order valence-corrected chi connectivity index (χ2v) is 13.3. The van der Waals surface area contributed by atoms with E-state index in [-0.39, 0.29) is 66.3 Å². The fraction of sp³-hybridized carbons (Fsp3) is 0.636. The Morgan fingerprint density at radius 1 is 1.05 bits per heavy atom. The van der Waals surface area contributed by atoms with Crippen molar-refractivity contribution >= 4 is 23.4 Å². The standard InChI is InChI=1S/C33H43NO8/c1-31-14-11-23(36)17-21(31)5-8-24-25-12-15-33(41,32(25,2)18-26(37)30(24)31)27(38)19-42-29(40)10-9-28(39)34-16-13-20-3-6-22(35)7-4-20/h3-4,6-7,17,24-26,30,35,37,41H,5,8-16,18-19H2,1-2H3,(H,34,39)/t24-,25-,26+,30+,31-,32+,33-/m0/s1. The van der Waals surface area contributed by atoms with Crippen LogP contribution in [-0.2, 0) is 30.3 Å². The average Bonchev–Trinajstić information content (AvgIpc) is 3.22. The van der Waals surface area contributed by atoms with Crippen LogP contribution in [0.5, 0.6) is 5.75 Å². The number of fused-ring (bicyclic) bond motifs is 5. The number of ether oxygens (including phenoxy) is 1. The van der Waals surface area contributed by atoms with Gasteiger partial charge in [-0.15, -0.1) is 0 Å². The summed E-state index contributed by atoms with van der Waals surface area (Å²) >= 11 is 0. The topological polar surface area (TPSA) is 150 Å². The van der Waals surface area contributed by atoms with E-state index in [1.807, 2.05) is 6.92 Å². The van der Waals surface area contributed by atoms with Crippen LogP contribution in [0.2, 0.25) is 0 Å². The molecule has 5 rings (SSSR count). The summed E-state index contributed by atoms with van der Waals surface area (Å²) in [4.78, 5) is 50.0. The van der Waals surface area contributed by atoms with Crippen LogP contribution in [0.3, 0.4) is 0 Å². The van der Waals surface area contributed by atoms with Gasteiger partial charge in [0.05, 0.1) is 12.5 Å². The smallest absolute Gasteiger partial charge is 0.306 e. The van der Waals surface area contributed by atoms with Gasteiger partial charge >= 0.3 is 5.97 Å². The van der Waals surface area contributed by atoms with Gasteiger partial charge in [-0.2, -0.15) is 0 Å². The Morgan fingerprint density at radius 2 is 1.79 bits per heavy atom. The van der Waals surface area contributed by atoms with Crippen molar-refractivity contribution < 1.29 is 39.2 Å². The molecule has 0 unspecified atom stereocenters. The molecule has 7 atom stereocenters. The second kappa shape index (κ2) is 11.6. The molecule has 0 aliphatic heterocycles. The first-order chi connectivity index (χ1) is 19.9. The second-order valence-electron chi connectivity index (χ2n) is 13.3. The summed E-state index contributed by atoms with van der Waals surface area (Å²) in [5, 5.41) is 35.4. The third kappa shape index (κ3) is 5.41. The van der Waals surface area contributed by atoms with Crippen LogP contribution in [0, 0.1) is 28.6 Å². The van der Waals surface area contributed by atoms with E-state index < -0.39 is 35.5 Å². The van der Waals surface area contributed by atoms with E-state index in [1.165, 1.54) is 0 Å². The summed E-state index contributed by atoms with van der Waals surface area (Å²) in [6.45, 7) is 3.86. The van der Waals surface area contributed by atoms with Gasteiger partial charge in [-0.05, 0) is 91.9 Å². The Morgan fingerprint density at radius 3 is 2.52 bits per heavy atom. The molecule has 0 spiro atoms. The van der Waals surface area contributed by atoms with E-state index in [4.69, 9.17) is 4.74 Å². The highest BCUT2D eigenvalue weighted by Crippen LogP contribution is 2.67. The Balaban J connectivity index is 1.13. The number of esters is 1. The van der Waals surface area contributed by atoms with Crippen molar-refractivity contribution in [2.24, 2.45) is 28.6 Å². The van der Waals surface area contributed by atoms with E-state index in [1.54, 1.807) is 30.3 Å². The molecule has 4 aliphatic rings. The molecule has 1 amide bonds. The zero-order valence-corrected chi connectivity index (χ0v) is 24.6. The van der Waals surface area contributed by atoms with Gasteiger partial charge in [-0.25, -0.2) is 0 Å². The van der Waals surface area contributed by atoms with E-state index >= 15 is 0 Å². The van der Waals surface area contributed by atoms with Crippen molar-refractivity contribution in [3.8, 4) is 5.75 Å². The number of hydrogen-bond acceptors (Lipinski definition) is 8. The number of carbonyl (C=O) groups excluding carboxylic acids is 4. The van der Waals surface area contributed by atoms with Gasteiger partial charge in [0.25, 0.3) is 0 Å². The van der Waals surface area contributed by atoms with Crippen LogP contribution < -0.4 is 5.32 Å². The number of rotatable bonds is 9. The van der Waals surface area contributed by atoms with Crippen LogP contribution in [-0.4, -0.2) is 63.6 Å². The normalized spacial score (nSPS) is 35.3. The molecule has 1 aromatic carbocycles. The molecule has 4 N–H and O–H groups in total. The lowest BCUT2D eigenvalue weighted by atomic mass is 9.45. The third-order valence-corrected chi connectivity index (χ3v) is 11.1. The summed E-state index contributed by atoms with van der Waals surface area (Å²) < 4.78 is 5.22. The fourth-order valence-corrected chi connectivity index (χ4v) is 8.80. The highest BCUT2D eigenvalue weighted by Gasteiger charge is 2.68. The number of allylic oxidation sites excluding steroid dienone is 1. The van der Waals surface area contributed by atoms with E-state index in [2.05, 4.69) is 12.2 Å². The molecular weight excluding hydrogens is 538 g/mol. The monoisotopic (exact) mass is 581 g/mol. The van der Waals surface area contributed by atoms with Crippen molar-refractivity contribution in [1.82, 2.24) is 5.32 Å². The predicted molar refractivity (Wildman–Crippen MR) is 153 cm³/mol. The fourth-order valence-electron chi connectivity index (χ4n) is 8.80. The van der Waals surface area contributed by atoms with E-state index in [0.29, 0.717) is 25.8 Å². The molecule has 228 valence electrons. The zero-order valence-electron chi connectivity index (χ0n) is 24.6. The maximum atomic E-state index is 13.4. The SMILES string of the molecule is C[C@]12CCC(=O)C=C1CC[C@@H]1[C@@H]2[C@H](O)C[C@]2(C)[C@H]1CC[C@]2(O)C(=O)COC(=O)CCC(=O)NCCc1ccc(O)cc1. The van der Waals surface area contributed by atoms with Gasteiger partial charge in [-0.3, -0.25) is 19.2 Å². The maximum absolute atomic E-state index is 13.4. The molecule has 3 fully saturated rings. The lowest BCUT2D eigenvalue weighted by Gasteiger charge is -2.60. The highest BCUT2D eigenvalue weighted by molar-refractivity contribution is 5.92. The number of phenolic OH excluding ortho intramolecular Hbond substituents is 1. The van der Waals surface area contributed by atoms with Crippen LogP contribution in [0.15, 0.2) is 35.9 Å². The van der Waals surface area contributed by atoms with Crippen LogP contribution in [0.1, 0.15) is 77.2 Å². The van der Waals surface area contributed by atoms with Crippen molar-refractivity contribution in [2.45, 2.75) is 89.8 Å². The Labute approximate surface area is 246 Å². The summed E-state index contributed by atoms with van der Waals surface area (Å²) in [5.41, 5.74) is -0.733. The first-order valence-corrected chi connectivity index (χ1v) is 15.3. The molecule has 3 saturated carbocycles. The van der Waals surface area contributed by atoms with Gasteiger partial charge in [0.2, 0.25) is 11.7 Å². The number of aliphatic hydroxyl groups excluding tert-OH is 1. The van der Waals surface area contributed by atoms with Crippen molar-refractivity contribution in [1.29, 1.82) is 0 Å². The van der Waals surface area contributed by atoms with Crippen molar-refractivity contribution in [3.05, 3.63) is 41.5 Å². The molecule has 42 heavy (non-hydrogen) atoms. The number of nitrogens with one attached hydrogen (secondary N) is 1. The van der Waals surface area contributed by atoms with Gasteiger partial charge in [0.15, 0.2) is 12.4 Å². The molecule has 1 aromatic rings. The van der Waals surface area contributed by atoms with Crippen molar-refractivity contribution in [3.63, 3.8) is 0 Å². The molecule has 0 radical (unpaired) electrons. The number of carbonyl (C=O) groups is 4. The molecular formula is C33H43NO8. The molecule has 0 aromatic heterocycles. The highest BCUT2D eigenvalue weighted by atomic mass is 16.5. The van der Waals surface area contributed by atoms with Crippen molar-refractivity contribution in [2.75, 3.05) is 13.2 Å². The largest absolute Gasteiger partial charge is 0.508 e. The molecule has 9 heteroatoms. The van der Waals surface area contributed by atoms with Crippen LogP contribution in [0.4, 0.5) is 0 Å². The molecule has 0 heterocycles. The van der Waals surface area contributed by atoms with Gasteiger partial charge in [-0.1, -0.05) is 31.6 Å². The maximum Gasteiger partial charge on any atom is 0.306 e. The summed E-state index contributed by atoms with van der Waals surface area (Å²) in [5.74, 6) is -1.08. The molecule has 9 nitrogen and oxygen atoms in total. The summed E-state index contributed by atoms with van der Waals surface area (Å²) in [6.07, 6.45) is 5.36. The number of Topliss-reactive ketones (excluding diaryl/α,β-unsaturated/α-hetero) is 1. The Bertz CT molecular complexity index is 1270. The first-order valence-electron chi connectivity index (χ1n) is 15.3. The van der Waals surface area contributed by atoms with Gasteiger partial charge in [0.1, 0.15) is 11.4 Å². The van der Waals surface area contributed by atoms with Crippen LogP contribution >= 0.6 is 0 Å². The molecule has 0 bridgehead atoms. The minimum Gasteiger partial charge on any atom is -0.508 e. The average molecular weight is 582 g/mol. The van der Waals surface area contributed by atoms with Gasteiger partial charge in [0, 0.05) is 24.8 Å². The number of phenols is 1. The molecule has 0 saturated heterocycles. The zero-order chi connectivity index (χ0) is 30.3. The Kier molecular flexibility index (Phi) is 8.38. The molecule has 4 aliphatic carbocycles. The van der Waals surface area contributed by atoms with E-state index in [9.17, 15) is 34.5 Å². The Hall–Kier alpha value is -3.04. The number of aliphatic hydroxyl groups is 2. The van der Waals surface area contributed by atoms with Crippen LogP contribution in [0.25, 0.3) is 0 Å². The van der Waals surface area contributed by atoms with Gasteiger partial charge < -0.3 is 25.4 Å². The first kappa shape index (κ1) is 30.4. The summed E-state index contributed by atoms with van der Waals surface area (Å²) in [6, 6.07) is 6.69. The quantitative estimate of drug-likeness (QED) is 0.325. The third-order valence-electron chi connectivity index (χ3n) is 11.1. The number of hydrogen-bond donors (Lipinski definition) is 4. The minimum atomic E-state index is -1.71. The number of benzene rings is 1. The number of ketones is 2. The lowest BCUT2D eigenvalue weighted by Crippen LogP contribution is -2.62.